The molecule has 1 unspecified atom stereocenters. The molecule has 0 fully saturated rings. The van der Waals surface area contributed by atoms with Gasteiger partial charge in [-0.3, -0.25) is 14.9 Å². The van der Waals surface area contributed by atoms with E-state index in [0.29, 0.717) is 0 Å². The summed E-state index contributed by atoms with van der Waals surface area (Å²) < 4.78 is 0. The maximum atomic E-state index is 10.5. The van der Waals surface area contributed by atoms with Gasteiger partial charge in [-0.15, -0.1) is 6.58 Å². The fraction of sp³-hybridized carbons (Fsp3) is 0.333. The molecule has 0 saturated carbocycles. The average Bonchev–Trinajstić information content (AvgIpc) is 1.87. The molecule has 5 heteroatoms. The van der Waals surface area contributed by atoms with Crippen LogP contribution in [0.25, 0.3) is 0 Å². The van der Waals surface area contributed by atoms with Crippen LogP contribution in [-0.2, 0) is 9.59 Å². The van der Waals surface area contributed by atoms with Crippen molar-refractivity contribution in [3.05, 3.63) is 12.7 Å². The molecule has 2 amide bonds. The first-order chi connectivity index (χ1) is 5.07. The second-order valence-electron chi connectivity index (χ2n) is 1.96. The monoisotopic (exact) mass is 157 g/mol. The van der Waals surface area contributed by atoms with Gasteiger partial charge in [0.05, 0.1) is 6.54 Å². The van der Waals surface area contributed by atoms with Crippen LogP contribution in [0.5, 0.6) is 0 Å². The summed E-state index contributed by atoms with van der Waals surface area (Å²) in [5.74, 6) is -1.13. The maximum absolute atomic E-state index is 10.5. The van der Waals surface area contributed by atoms with Gasteiger partial charge in [-0.25, -0.2) is 0 Å². The van der Waals surface area contributed by atoms with Crippen LogP contribution in [0.3, 0.4) is 0 Å². The van der Waals surface area contributed by atoms with Gasteiger partial charge in [-0.1, -0.05) is 6.08 Å². The van der Waals surface area contributed by atoms with Crippen LogP contribution in [0.15, 0.2) is 12.7 Å². The van der Waals surface area contributed by atoms with E-state index < -0.39 is 17.9 Å². The molecule has 0 rings (SSSR count). The zero-order valence-electron chi connectivity index (χ0n) is 6.04. The molecule has 5 nitrogen and oxygen atoms in total. The summed E-state index contributed by atoms with van der Waals surface area (Å²) in [6.07, 6.45) is 1.31. The van der Waals surface area contributed by atoms with E-state index in [4.69, 9.17) is 11.5 Å². The van der Waals surface area contributed by atoms with Gasteiger partial charge in [0.1, 0.15) is 6.04 Å². The Kier molecular flexibility index (Phi) is 3.90. The predicted octanol–water partition coefficient (Wildman–Crippen LogP) is -1.90. The van der Waals surface area contributed by atoms with Crippen LogP contribution in [0.4, 0.5) is 0 Å². The van der Waals surface area contributed by atoms with Gasteiger partial charge in [-0.05, 0) is 0 Å². The van der Waals surface area contributed by atoms with Crippen molar-refractivity contribution < 1.29 is 9.59 Å². The molecule has 0 heterocycles. The van der Waals surface area contributed by atoms with Crippen molar-refractivity contribution in [2.24, 2.45) is 11.5 Å². The van der Waals surface area contributed by atoms with Gasteiger partial charge in [0.15, 0.2) is 0 Å². The summed E-state index contributed by atoms with van der Waals surface area (Å²) >= 11 is 0. The highest BCUT2D eigenvalue weighted by molar-refractivity contribution is 5.83. The van der Waals surface area contributed by atoms with Crippen LogP contribution in [0, 0.1) is 0 Å². The smallest absolute Gasteiger partial charge is 0.238 e. The third-order valence-corrected chi connectivity index (χ3v) is 1.04. The molecule has 0 aromatic carbocycles. The highest BCUT2D eigenvalue weighted by Gasteiger charge is 2.09. The lowest BCUT2D eigenvalue weighted by Gasteiger charge is -2.07. The van der Waals surface area contributed by atoms with E-state index in [0.717, 1.165) is 0 Å². The highest BCUT2D eigenvalue weighted by atomic mass is 16.2. The van der Waals surface area contributed by atoms with Crippen LogP contribution >= 0.6 is 0 Å². The molecule has 0 aliphatic rings. The minimum absolute atomic E-state index is 0.0837. The molecule has 5 N–H and O–H groups in total. The van der Waals surface area contributed by atoms with Crippen molar-refractivity contribution in [2.45, 2.75) is 6.04 Å². The van der Waals surface area contributed by atoms with Crippen LogP contribution in [-0.4, -0.2) is 24.4 Å². The van der Waals surface area contributed by atoms with Crippen molar-refractivity contribution in [1.82, 2.24) is 5.32 Å². The summed E-state index contributed by atoms with van der Waals surface area (Å²) in [6.45, 7) is 3.26. The van der Waals surface area contributed by atoms with Gasteiger partial charge >= 0.3 is 0 Å². The standard InChI is InChI=1S/C6H11N3O2/c1-2-4(6(8)11)9-3-5(7)10/h2,4,9H,1,3H2,(H2,7,10)(H2,8,11). The Morgan fingerprint density at radius 1 is 1.55 bits per heavy atom. The molecule has 62 valence electrons. The second-order valence-corrected chi connectivity index (χ2v) is 1.96. The number of carbonyl (C=O) groups excluding carboxylic acids is 2. The van der Waals surface area contributed by atoms with Crippen molar-refractivity contribution >= 4 is 11.8 Å². The maximum Gasteiger partial charge on any atom is 0.238 e. The SMILES string of the molecule is C=CC(NCC(N)=O)C(N)=O. The Bertz CT molecular complexity index is 179. The number of hydrogen-bond donors (Lipinski definition) is 3. The summed E-state index contributed by atoms with van der Waals surface area (Å²) in [4.78, 5) is 20.7. The van der Waals surface area contributed by atoms with Crippen LogP contribution in [0.1, 0.15) is 0 Å². The van der Waals surface area contributed by atoms with E-state index in [1.807, 2.05) is 0 Å². The highest BCUT2D eigenvalue weighted by Crippen LogP contribution is 1.80. The molecule has 0 aliphatic carbocycles. The number of nitrogens with two attached hydrogens (primary N) is 2. The normalized spacial score (nSPS) is 12.0. The molecule has 0 aromatic heterocycles. The molecule has 1 atom stereocenters. The first-order valence-electron chi connectivity index (χ1n) is 3.01. The lowest BCUT2D eigenvalue weighted by atomic mass is 10.3. The van der Waals surface area contributed by atoms with E-state index in [9.17, 15) is 9.59 Å². The Balaban J connectivity index is 3.79. The number of carbonyl (C=O) groups is 2. The summed E-state index contributed by atoms with van der Waals surface area (Å²) in [5, 5.41) is 2.50. The lowest BCUT2D eigenvalue weighted by Crippen LogP contribution is -2.43. The van der Waals surface area contributed by atoms with Gasteiger partial charge < -0.3 is 11.5 Å². The topological polar surface area (TPSA) is 98.2 Å². The fourth-order valence-corrected chi connectivity index (χ4v) is 0.511. The number of hydrogen-bond acceptors (Lipinski definition) is 3. The lowest BCUT2D eigenvalue weighted by molar-refractivity contribution is -0.119. The summed E-state index contributed by atoms with van der Waals surface area (Å²) in [6, 6.07) is -0.692. The molecular weight excluding hydrogens is 146 g/mol. The Hall–Kier alpha value is -1.36. The largest absolute Gasteiger partial charge is 0.369 e. The number of rotatable bonds is 5. The predicted molar refractivity (Wildman–Crippen MR) is 40.4 cm³/mol. The van der Waals surface area contributed by atoms with Crippen LogP contribution in [0.2, 0.25) is 0 Å². The van der Waals surface area contributed by atoms with E-state index in [1.54, 1.807) is 0 Å². The van der Waals surface area contributed by atoms with Crippen molar-refractivity contribution in [3.8, 4) is 0 Å². The van der Waals surface area contributed by atoms with Crippen LogP contribution < -0.4 is 16.8 Å². The van der Waals surface area contributed by atoms with E-state index in [1.165, 1.54) is 6.08 Å². The molecule has 0 bridgehead atoms. The Labute approximate surface area is 64.4 Å². The molecule has 0 aliphatic heterocycles. The molecule has 11 heavy (non-hydrogen) atoms. The first kappa shape index (κ1) is 9.64. The quantitative estimate of drug-likeness (QED) is 0.406. The van der Waals surface area contributed by atoms with E-state index in [-0.39, 0.29) is 6.54 Å². The minimum Gasteiger partial charge on any atom is -0.369 e. The van der Waals surface area contributed by atoms with Crippen molar-refractivity contribution in [3.63, 3.8) is 0 Å². The Morgan fingerprint density at radius 2 is 2.09 bits per heavy atom. The number of nitrogens with one attached hydrogen (secondary N) is 1. The van der Waals surface area contributed by atoms with Crippen molar-refractivity contribution in [2.75, 3.05) is 6.54 Å². The van der Waals surface area contributed by atoms with Gasteiger partial charge in [-0.2, -0.15) is 0 Å². The van der Waals surface area contributed by atoms with E-state index in [2.05, 4.69) is 11.9 Å². The average molecular weight is 157 g/mol. The molecule has 0 radical (unpaired) electrons. The molecule has 0 saturated heterocycles. The summed E-state index contributed by atoms with van der Waals surface area (Å²) in [7, 11) is 0. The fourth-order valence-electron chi connectivity index (χ4n) is 0.511. The third kappa shape index (κ3) is 4.10. The first-order valence-corrected chi connectivity index (χ1v) is 3.01. The second kappa shape index (κ2) is 4.45. The molecule has 0 spiro atoms. The number of primary amides is 2. The van der Waals surface area contributed by atoms with Crippen molar-refractivity contribution in [1.29, 1.82) is 0 Å². The zero-order chi connectivity index (χ0) is 8.85. The minimum atomic E-state index is -0.692. The summed E-state index contributed by atoms with van der Waals surface area (Å²) in [5.41, 5.74) is 9.72. The van der Waals surface area contributed by atoms with Gasteiger partial charge in [0.25, 0.3) is 0 Å². The van der Waals surface area contributed by atoms with E-state index >= 15 is 0 Å². The molecule has 0 aromatic rings. The zero-order valence-corrected chi connectivity index (χ0v) is 6.04. The Morgan fingerprint density at radius 3 is 2.36 bits per heavy atom. The third-order valence-electron chi connectivity index (χ3n) is 1.04. The number of amides is 2. The van der Waals surface area contributed by atoms with Gasteiger partial charge in [0, 0.05) is 0 Å². The molecular formula is C6H11N3O2. The van der Waals surface area contributed by atoms with Gasteiger partial charge in [0.2, 0.25) is 11.8 Å².